The van der Waals surface area contributed by atoms with Gasteiger partial charge < -0.3 is 21.7 Å². The number of aliphatic hydroxyl groups is 2. The fourth-order valence-electron chi connectivity index (χ4n) is 0.645. The molecule has 62 valence electrons. The summed E-state index contributed by atoms with van der Waals surface area (Å²) in [5, 5.41) is 17.5. The minimum atomic E-state index is -1.24. The molecule has 0 aliphatic rings. The van der Waals surface area contributed by atoms with Crippen LogP contribution in [-0.2, 0) is 0 Å². The molecule has 4 heteroatoms. The summed E-state index contributed by atoms with van der Waals surface area (Å²) in [5.74, 6) is 0. The normalized spacial score (nSPS) is 16.8. The third-order valence-corrected chi connectivity index (χ3v) is 1.37. The number of nitrogens with two attached hydrogens (primary N) is 2. The molecule has 0 aromatic heterocycles. The molecule has 1 atom stereocenters. The number of rotatable bonds is 5. The van der Waals surface area contributed by atoms with Crippen LogP contribution < -0.4 is 11.5 Å². The summed E-state index contributed by atoms with van der Waals surface area (Å²) in [4.78, 5) is 0. The first kappa shape index (κ1) is 9.84. The molecule has 0 aliphatic heterocycles. The van der Waals surface area contributed by atoms with E-state index in [0.717, 1.165) is 0 Å². The number of hydrogen-bond acceptors (Lipinski definition) is 4. The van der Waals surface area contributed by atoms with Crippen molar-refractivity contribution >= 4 is 0 Å². The molecular weight excluding hydrogens is 132 g/mol. The van der Waals surface area contributed by atoms with Crippen LogP contribution in [0.1, 0.15) is 19.3 Å². The molecule has 0 aliphatic carbocycles. The maximum atomic E-state index is 9.12. The third-order valence-electron chi connectivity index (χ3n) is 1.37. The lowest BCUT2D eigenvalue weighted by Crippen LogP contribution is -2.46. The maximum Gasteiger partial charge on any atom is 0.125 e. The molecule has 0 bridgehead atoms. The molecule has 0 saturated heterocycles. The lowest BCUT2D eigenvalue weighted by molar-refractivity contribution is 0.0432. The van der Waals surface area contributed by atoms with Gasteiger partial charge in [0.2, 0.25) is 0 Å². The van der Waals surface area contributed by atoms with E-state index in [1.165, 1.54) is 0 Å². The minimum Gasteiger partial charge on any atom is -0.396 e. The van der Waals surface area contributed by atoms with Crippen LogP contribution in [0.5, 0.6) is 0 Å². The number of hydrogen-bond donors (Lipinski definition) is 4. The fraction of sp³-hybridized carbons (Fsp3) is 1.00. The molecule has 0 spiro atoms. The van der Waals surface area contributed by atoms with Crippen molar-refractivity contribution in [1.82, 2.24) is 0 Å². The van der Waals surface area contributed by atoms with E-state index < -0.39 is 5.72 Å². The second-order valence-electron chi connectivity index (χ2n) is 2.49. The zero-order chi connectivity index (χ0) is 8.04. The molecule has 0 rings (SSSR count). The Kier molecular flexibility index (Phi) is 4.55. The van der Waals surface area contributed by atoms with Gasteiger partial charge in [0.15, 0.2) is 0 Å². The molecule has 0 fully saturated rings. The zero-order valence-electron chi connectivity index (χ0n) is 6.08. The Bertz CT molecular complexity index is 85.8. The molecule has 0 saturated carbocycles. The van der Waals surface area contributed by atoms with Gasteiger partial charge in [-0.15, -0.1) is 0 Å². The molecule has 0 radical (unpaired) electrons. The van der Waals surface area contributed by atoms with E-state index in [-0.39, 0.29) is 13.2 Å². The molecule has 0 amide bonds. The van der Waals surface area contributed by atoms with Crippen molar-refractivity contribution in [3.8, 4) is 0 Å². The molecule has 0 aromatic rings. The van der Waals surface area contributed by atoms with Gasteiger partial charge in [-0.1, -0.05) is 0 Å². The van der Waals surface area contributed by atoms with Crippen molar-refractivity contribution in [3.05, 3.63) is 0 Å². The summed E-state index contributed by atoms with van der Waals surface area (Å²) in [5.41, 5.74) is 9.22. The third kappa shape index (κ3) is 4.69. The Balaban J connectivity index is 3.28. The summed E-state index contributed by atoms with van der Waals surface area (Å²) in [6.45, 7) is 0.207. The van der Waals surface area contributed by atoms with Crippen molar-refractivity contribution in [1.29, 1.82) is 0 Å². The van der Waals surface area contributed by atoms with E-state index in [9.17, 15) is 0 Å². The van der Waals surface area contributed by atoms with E-state index in [1.54, 1.807) is 0 Å². The lowest BCUT2D eigenvalue weighted by Gasteiger charge is -2.19. The van der Waals surface area contributed by atoms with Crippen molar-refractivity contribution in [2.75, 3.05) is 13.2 Å². The summed E-state index contributed by atoms with van der Waals surface area (Å²) >= 11 is 0. The van der Waals surface area contributed by atoms with Crippen LogP contribution in [0.15, 0.2) is 0 Å². The van der Waals surface area contributed by atoms with Crippen LogP contribution in [0.25, 0.3) is 0 Å². The highest BCUT2D eigenvalue weighted by Crippen LogP contribution is 2.05. The monoisotopic (exact) mass is 148 g/mol. The van der Waals surface area contributed by atoms with E-state index in [4.69, 9.17) is 21.7 Å². The Hall–Kier alpha value is -0.160. The van der Waals surface area contributed by atoms with Gasteiger partial charge in [-0.25, -0.2) is 0 Å². The topological polar surface area (TPSA) is 92.5 Å². The van der Waals surface area contributed by atoms with Gasteiger partial charge in [0.05, 0.1) is 0 Å². The second kappa shape index (κ2) is 4.62. The highest BCUT2D eigenvalue weighted by molar-refractivity contribution is 4.70. The van der Waals surface area contributed by atoms with Gasteiger partial charge in [-0.05, 0) is 19.3 Å². The highest BCUT2D eigenvalue weighted by atomic mass is 16.3. The highest BCUT2D eigenvalue weighted by Gasteiger charge is 2.16. The van der Waals surface area contributed by atoms with E-state index in [2.05, 4.69) is 0 Å². The average molecular weight is 148 g/mol. The van der Waals surface area contributed by atoms with Crippen molar-refractivity contribution in [2.24, 2.45) is 11.5 Å². The largest absolute Gasteiger partial charge is 0.396 e. The molecule has 4 nitrogen and oxygen atoms in total. The number of unbranched alkanes of at least 4 members (excludes halogenated alkanes) is 1. The van der Waals surface area contributed by atoms with Crippen LogP contribution in [0.2, 0.25) is 0 Å². The van der Waals surface area contributed by atoms with E-state index >= 15 is 0 Å². The molecule has 6 N–H and O–H groups in total. The summed E-state index contributed by atoms with van der Waals surface area (Å²) in [6, 6.07) is 0. The second-order valence-corrected chi connectivity index (χ2v) is 2.49. The quantitative estimate of drug-likeness (QED) is 0.290. The van der Waals surface area contributed by atoms with Crippen molar-refractivity contribution < 1.29 is 10.2 Å². The average Bonchev–Trinajstić information content (AvgIpc) is 1.89. The van der Waals surface area contributed by atoms with Crippen LogP contribution >= 0.6 is 0 Å². The van der Waals surface area contributed by atoms with Crippen LogP contribution in [0.3, 0.4) is 0 Å². The van der Waals surface area contributed by atoms with Crippen molar-refractivity contribution in [3.63, 3.8) is 0 Å². The molecule has 1 unspecified atom stereocenters. The van der Waals surface area contributed by atoms with Crippen LogP contribution in [0, 0.1) is 0 Å². The van der Waals surface area contributed by atoms with Gasteiger partial charge in [-0.3, -0.25) is 0 Å². The molecule has 10 heavy (non-hydrogen) atoms. The molecule has 0 aromatic carbocycles. The van der Waals surface area contributed by atoms with Gasteiger partial charge in [0, 0.05) is 13.2 Å². The van der Waals surface area contributed by atoms with Gasteiger partial charge in [0.25, 0.3) is 0 Å². The first-order valence-corrected chi connectivity index (χ1v) is 3.44. The Morgan fingerprint density at radius 2 is 1.90 bits per heavy atom. The van der Waals surface area contributed by atoms with E-state index in [0.29, 0.717) is 19.3 Å². The Morgan fingerprint density at radius 3 is 2.30 bits per heavy atom. The lowest BCUT2D eigenvalue weighted by atomic mass is 10.1. The standard InChI is InChI=1S/C6H16N2O2/c7-5-6(8,10)3-1-2-4-9/h9-10H,1-5,7-8H2. The summed E-state index contributed by atoms with van der Waals surface area (Å²) in [6.07, 6.45) is 1.82. The van der Waals surface area contributed by atoms with Crippen LogP contribution in [0.4, 0.5) is 0 Å². The van der Waals surface area contributed by atoms with Gasteiger partial charge >= 0.3 is 0 Å². The Labute approximate surface area is 60.8 Å². The fourth-order valence-corrected chi connectivity index (χ4v) is 0.645. The summed E-state index contributed by atoms with van der Waals surface area (Å²) < 4.78 is 0. The Morgan fingerprint density at radius 1 is 1.30 bits per heavy atom. The van der Waals surface area contributed by atoms with Crippen LogP contribution in [-0.4, -0.2) is 29.1 Å². The predicted octanol–water partition coefficient (Wildman–Crippen LogP) is -1.25. The first-order chi connectivity index (χ1) is 4.62. The first-order valence-electron chi connectivity index (χ1n) is 3.44. The zero-order valence-corrected chi connectivity index (χ0v) is 6.08. The number of aliphatic hydroxyl groups excluding tert-OH is 1. The van der Waals surface area contributed by atoms with Gasteiger partial charge in [0.1, 0.15) is 5.72 Å². The van der Waals surface area contributed by atoms with E-state index in [1.807, 2.05) is 0 Å². The predicted molar refractivity (Wildman–Crippen MR) is 39.1 cm³/mol. The smallest absolute Gasteiger partial charge is 0.125 e. The SMILES string of the molecule is NCC(N)(O)CCCCO. The summed E-state index contributed by atoms with van der Waals surface area (Å²) in [7, 11) is 0. The van der Waals surface area contributed by atoms with Crippen molar-refractivity contribution in [2.45, 2.75) is 25.0 Å². The maximum absolute atomic E-state index is 9.12. The van der Waals surface area contributed by atoms with Gasteiger partial charge in [-0.2, -0.15) is 0 Å². The molecule has 0 heterocycles. The molecular formula is C6H16N2O2. The minimum absolute atomic E-state index is 0.0679.